The lowest BCUT2D eigenvalue weighted by molar-refractivity contribution is -0.156. The molecule has 0 aromatic carbocycles. The highest BCUT2D eigenvalue weighted by molar-refractivity contribution is 5.83. The van der Waals surface area contributed by atoms with E-state index < -0.39 is 6.04 Å². The van der Waals surface area contributed by atoms with Crippen molar-refractivity contribution < 1.29 is 19.1 Å². The van der Waals surface area contributed by atoms with Gasteiger partial charge in [-0.05, 0) is 20.3 Å². The van der Waals surface area contributed by atoms with E-state index in [-0.39, 0.29) is 17.9 Å². The van der Waals surface area contributed by atoms with Gasteiger partial charge in [0.15, 0.2) is 0 Å². The number of carbonyl (C=O) groups is 2. The van der Waals surface area contributed by atoms with Gasteiger partial charge in [-0.15, -0.1) is 0 Å². The van der Waals surface area contributed by atoms with Crippen molar-refractivity contribution in [3.8, 4) is 0 Å². The number of morpholine rings is 1. The Morgan fingerprint density at radius 3 is 2.75 bits per heavy atom. The van der Waals surface area contributed by atoms with Gasteiger partial charge in [0.05, 0.1) is 19.8 Å². The lowest BCUT2D eigenvalue weighted by Gasteiger charge is -2.38. The molecule has 0 bridgehead atoms. The molecule has 0 saturated carbocycles. The highest BCUT2D eigenvalue weighted by atomic mass is 16.5. The van der Waals surface area contributed by atoms with E-state index in [1.807, 2.05) is 18.7 Å². The quantitative estimate of drug-likeness (QED) is 0.692. The minimum absolute atomic E-state index is 0.0856. The first kappa shape index (κ1) is 16.9. The molecule has 1 aliphatic heterocycles. The zero-order chi connectivity index (χ0) is 15.0. The molecule has 0 aromatic heterocycles. The highest BCUT2D eigenvalue weighted by Gasteiger charge is 2.37. The van der Waals surface area contributed by atoms with Crippen molar-refractivity contribution in [2.75, 3.05) is 32.9 Å². The molecule has 0 aliphatic carbocycles. The third kappa shape index (κ3) is 4.45. The number of rotatable bonds is 7. The maximum absolute atomic E-state index is 12.1. The lowest BCUT2D eigenvalue weighted by Crippen LogP contribution is -2.59. The summed E-state index contributed by atoms with van der Waals surface area (Å²) in [5.74, 6) is -0.330. The Kier molecular flexibility index (Phi) is 7.54. The largest absolute Gasteiger partial charge is 0.465 e. The molecule has 2 unspecified atom stereocenters. The van der Waals surface area contributed by atoms with Crippen LogP contribution >= 0.6 is 0 Å². The standard InChI is InChI=1S/C14H26N2O4/c1-4-7-11(14(18)20-6-3)16-8-9-19-10-12(16)13(17)15-5-2/h11-12H,4-10H2,1-3H3,(H,15,17). The van der Waals surface area contributed by atoms with E-state index in [0.29, 0.717) is 39.3 Å². The number of amides is 1. The molecule has 1 N–H and O–H groups in total. The number of hydrogen-bond acceptors (Lipinski definition) is 5. The fourth-order valence-corrected chi connectivity index (χ4v) is 2.44. The minimum Gasteiger partial charge on any atom is -0.465 e. The Hall–Kier alpha value is -1.14. The summed E-state index contributed by atoms with van der Waals surface area (Å²) in [5, 5.41) is 2.80. The maximum Gasteiger partial charge on any atom is 0.323 e. The first-order valence-corrected chi connectivity index (χ1v) is 7.43. The van der Waals surface area contributed by atoms with E-state index in [2.05, 4.69) is 5.32 Å². The molecular formula is C14H26N2O4. The molecule has 1 amide bonds. The minimum atomic E-state index is -0.412. The molecule has 1 fully saturated rings. The van der Waals surface area contributed by atoms with E-state index in [1.54, 1.807) is 6.92 Å². The molecule has 116 valence electrons. The van der Waals surface area contributed by atoms with Gasteiger partial charge in [0.2, 0.25) is 5.91 Å². The summed E-state index contributed by atoms with van der Waals surface area (Å²) < 4.78 is 10.5. The highest BCUT2D eigenvalue weighted by Crippen LogP contribution is 2.17. The van der Waals surface area contributed by atoms with E-state index in [0.717, 1.165) is 6.42 Å². The number of ether oxygens (including phenoxy) is 2. The van der Waals surface area contributed by atoms with E-state index >= 15 is 0 Å². The molecule has 1 saturated heterocycles. The van der Waals surface area contributed by atoms with Crippen LogP contribution in [0.2, 0.25) is 0 Å². The van der Waals surface area contributed by atoms with Crippen LogP contribution in [0.4, 0.5) is 0 Å². The average Bonchev–Trinajstić information content (AvgIpc) is 2.45. The fraction of sp³-hybridized carbons (Fsp3) is 0.857. The third-order valence-corrected chi connectivity index (χ3v) is 3.34. The maximum atomic E-state index is 12.1. The smallest absolute Gasteiger partial charge is 0.323 e. The van der Waals surface area contributed by atoms with Gasteiger partial charge >= 0.3 is 5.97 Å². The number of esters is 1. The van der Waals surface area contributed by atoms with Gasteiger partial charge in [0, 0.05) is 13.1 Å². The van der Waals surface area contributed by atoms with Gasteiger partial charge in [-0.25, -0.2) is 0 Å². The molecule has 0 aromatic rings. The zero-order valence-electron chi connectivity index (χ0n) is 12.7. The second-order valence-electron chi connectivity index (χ2n) is 4.78. The first-order valence-electron chi connectivity index (χ1n) is 7.43. The van der Waals surface area contributed by atoms with Gasteiger partial charge in [-0.3, -0.25) is 14.5 Å². The van der Waals surface area contributed by atoms with Crippen molar-refractivity contribution >= 4 is 11.9 Å². The molecule has 6 nitrogen and oxygen atoms in total. The summed E-state index contributed by atoms with van der Waals surface area (Å²) in [6, 6.07) is -0.777. The number of likely N-dealkylation sites (N-methyl/N-ethyl adjacent to an activating group) is 1. The van der Waals surface area contributed by atoms with Crippen molar-refractivity contribution in [3.05, 3.63) is 0 Å². The van der Waals surface area contributed by atoms with Crippen LogP contribution in [-0.2, 0) is 19.1 Å². The van der Waals surface area contributed by atoms with Crippen molar-refractivity contribution in [1.29, 1.82) is 0 Å². The number of nitrogens with zero attached hydrogens (tertiary/aromatic N) is 1. The molecule has 6 heteroatoms. The third-order valence-electron chi connectivity index (χ3n) is 3.34. The Labute approximate surface area is 120 Å². The van der Waals surface area contributed by atoms with Crippen LogP contribution in [0.5, 0.6) is 0 Å². The molecule has 0 spiro atoms. The predicted octanol–water partition coefficient (Wildman–Crippen LogP) is 0.555. The molecule has 20 heavy (non-hydrogen) atoms. The molecule has 2 atom stereocenters. The van der Waals surface area contributed by atoms with Gasteiger partial charge in [0.1, 0.15) is 12.1 Å². The van der Waals surface area contributed by atoms with Crippen LogP contribution in [0.3, 0.4) is 0 Å². The number of hydrogen-bond donors (Lipinski definition) is 1. The summed E-state index contributed by atoms with van der Waals surface area (Å²) in [7, 11) is 0. The van der Waals surface area contributed by atoms with E-state index in [1.165, 1.54) is 0 Å². The topological polar surface area (TPSA) is 67.9 Å². The molecule has 1 heterocycles. The van der Waals surface area contributed by atoms with Gasteiger partial charge in [-0.1, -0.05) is 13.3 Å². The summed E-state index contributed by atoms with van der Waals surface area (Å²) in [4.78, 5) is 26.2. The second-order valence-corrected chi connectivity index (χ2v) is 4.78. The molecule has 1 rings (SSSR count). The van der Waals surface area contributed by atoms with Crippen molar-refractivity contribution in [2.45, 2.75) is 45.7 Å². The van der Waals surface area contributed by atoms with Crippen LogP contribution in [0.25, 0.3) is 0 Å². The Morgan fingerprint density at radius 2 is 2.15 bits per heavy atom. The van der Waals surface area contributed by atoms with Crippen LogP contribution < -0.4 is 5.32 Å². The fourth-order valence-electron chi connectivity index (χ4n) is 2.44. The number of carbonyl (C=O) groups excluding carboxylic acids is 2. The monoisotopic (exact) mass is 286 g/mol. The van der Waals surface area contributed by atoms with Crippen LogP contribution in [0.15, 0.2) is 0 Å². The van der Waals surface area contributed by atoms with Gasteiger partial charge < -0.3 is 14.8 Å². The Balaban J connectivity index is 2.83. The summed E-state index contributed by atoms with van der Waals surface area (Å²) in [5.41, 5.74) is 0. The molecule has 1 aliphatic rings. The second kappa shape index (κ2) is 8.92. The zero-order valence-corrected chi connectivity index (χ0v) is 12.7. The average molecular weight is 286 g/mol. The Morgan fingerprint density at radius 1 is 1.40 bits per heavy atom. The first-order chi connectivity index (χ1) is 9.65. The van der Waals surface area contributed by atoms with Crippen molar-refractivity contribution in [3.63, 3.8) is 0 Å². The molecule has 0 radical (unpaired) electrons. The van der Waals surface area contributed by atoms with E-state index in [4.69, 9.17) is 9.47 Å². The van der Waals surface area contributed by atoms with Crippen molar-refractivity contribution in [2.24, 2.45) is 0 Å². The lowest BCUT2D eigenvalue weighted by atomic mass is 10.1. The summed E-state index contributed by atoms with van der Waals surface area (Å²) in [6.45, 7) is 8.05. The summed E-state index contributed by atoms with van der Waals surface area (Å²) >= 11 is 0. The van der Waals surface area contributed by atoms with E-state index in [9.17, 15) is 9.59 Å². The molecular weight excluding hydrogens is 260 g/mol. The normalized spacial score (nSPS) is 21.2. The predicted molar refractivity (Wildman–Crippen MR) is 75.3 cm³/mol. The van der Waals surface area contributed by atoms with Crippen LogP contribution in [-0.4, -0.2) is 61.8 Å². The summed E-state index contributed by atoms with van der Waals surface area (Å²) in [6.07, 6.45) is 1.55. The van der Waals surface area contributed by atoms with Crippen LogP contribution in [0.1, 0.15) is 33.6 Å². The van der Waals surface area contributed by atoms with Crippen molar-refractivity contribution in [1.82, 2.24) is 10.2 Å². The van der Waals surface area contributed by atoms with Gasteiger partial charge in [-0.2, -0.15) is 0 Å². The van der Waals surface area contributed by atoms with Gasteiger partial charge in [0.25, 0.3) is 0 Å². The SMILES string of the molecule is CCCC(C(=O)OCC)N1CCOCC1C(=O)NCC. The van der Waals surface area contributed by atoms with Crippen LogP contribution in [0, 0.1) is 0 Å². The number of nitrogens with one attached hydrogen (secondary N) is 1. The Bertz CT molecular complexity index is 322.